The second kappa shape index (κ2) is 3.05. The third kappa shape index (κ3) is 1.56. The first-order valence-electron chi connectivity index (χ1n) is 4.93. The Morgan fingerprint density at radius 3 is 3.13 bits per heavy atom. The fraction of sp³-hybridized carbons (Fsp3) is 0.300. The summed E-state index contributed by atoms with van der Waals surface area (Å²) in [5.41, 5.74) is 0.885. The molecule has 0 spiro atoms. The van der Waals surface area contributed by atoms with E-state index in [2.05, 4.69) is 20.5 Å². The van der Waals surface area contributed by atoms with E-state index in [0.29, 0.717) is 5.82 Å². The highest BCUT2D eigenvalue weighted by Crippen LogP contribution is 2.30. The summed E-state index contributed by atoms with van der Waals surface area (Å²) >= 11 is 0. The van der Waals surface area contributed by atoms with Crippen LogP contribution < -0.4 is 5.32 Å². The Kier molecular flexibility index (Phi) is 1.71. The number of nitrogens with zero attached hydrogens (tertiary/aromatic N) is 2. The average Bonchev–Trinajstić information content (AvgIpc) is 2.98. The van der Waals surface area contributed by atoms with Crippen molar-refractivity contribution in [2.24, 2.45) is 5.92 Å². The largest absolute Gasteiger partial charge is 0.310 e. The SMILES string of the molecule is O=C(Nc1cc2[nH]ncc2cn1)C1CC1. The molecule has 5 heteroatoms. The van der Waals surface area contributed by atoms with Crippen LogP contribution in [0.4, 0.5) is 5.82 Å². The Morgan fingerprint density at radius 2 is 2.33 bits per heavy atom. The zero-order valence-corrected chi connectivity index (χ0v) is 8.03. The van der Waals surface area contributed by atoms with E-state index in [1.807, 2.05) is 0 Å². The molecule has 0 atom stereocenters. The topological polar surface area (TPSA) is 70.7 Å². The maximum absolute atomic E-state index is 11.5. The summed E-state index contributed by atoms with van der Waals surface area (Å²) in [6.07, 6.45) is 5.40. The second-order valence-electron chi connectivity index (χ2n) is 3.79. The van der Waals surface area contributed by atoms with E-state index in [1.165, 1.54) is 0 Å². The Bertz CT molecular complexity index is 515. The molecule has 0 aromatic carbocycles. The molecular weight excluding hydrogens is 192 g/mol. The van der Waals surface area contributed by atoms with E-state index in [0.717, 1.165) is 23.7 Å². The Hall–Kier alpha value is -1.91. The van der Waals surface area contributed by atoms with Gasteiger partial charge in [0.05, 0.1) is 11.7 Å². The van der Waals surface area contributed by atoms with Crippen LogP contribution in [0.5, 0.6) is 0 Å². The Labute approximate surface area is 85.9 Å². The van der Waals surface area contributed by atoms with Gasteiger partial charge in [-0.25, -0.2) is 4.98 Å². The number of H-pyrrole nitrogens is 1. The normalized spacial score (nSPS) is 15.5. The molecule has 1 amide bonds. The van der Waals surface area contributed by atoms with Gasteiger partial charge in [-0.15, -0.1) is 0 Å². The number of anilines is 1. The molecule has 0 bridgehead atoms. The minimum atomic E-state index is 0.0707. The molecule has 1 aliphatic rings. The summed E-state index contributed by atoms with van der Waals surface area (Å²) in [6, 6.07) is 1.79. The number of aromatic amines is 1. The van der Waals surface area contributed by atoms with Crippen molar-refractivity contribution in [1.29, 1.82) is 0 Å². The number of hydrogen-bond acceptors (Lipinski definition) is 3. The van der Waals surface area contributed by atoms with Gasteiger partial charge in [-0.05, 0) is 12.8 Å². The van der Waals surface area contributed by atoms with E-state index >= 15 is 0 Å². The van der Waals surface area contributed by atoms with Crippen molar-refractivity contribution in [2.45, 2.75) is 12.8 Å². The van der Waals surface area contributed by atoms with Crippen LogP contribution in [-0.2, 0) is 4.79 Å². The van der Waals surface area contributed by atoms with E-state index in [1.54, 1.807) is 18.5 Å². The number of aromatic nitrogens is 3. The lowest BCUT2D eigenvalue weighted by Crippen LogP contribution is -2.14. The number of fused-ring (bicyclic) bond motifs is 1. The van der Waals surface area contributed by atoms with Crippen molar-refractivity contribution in [3.63, 3.8) is 0 Å². The fourth-order valence-electron chi connectivity index (χ4n) is 1.48. The molecule has 15 heavy (non-hydrogen) atoms. The monoisotopic (exact) mass is 202 g/mol. The maximum Gasteiger partial charge on any atom is 0.228 e. The Morgan fingerprint density at radius 1 is 1.47 bits per heavy atom. The number of nitrogens with one attached hydrogen (secondary N) is 2. The molecular formula is C10H10N4O. The van der Waals surface area contributed by atoms with E-state index in [-0.39, 0.29) is 11.8 Å². The molecule has 0 saturated heterocycles. The smallest absolute Gasteiger partial charge is 0.228 e. The predicted octanol–water partition coefficient (Wildman–Crippen LogP) is 1.31. The molecule has 0 radical (unpaired) electrons. The second-order valence-corrected chi connectivity index (χ2v) is 3.79. The maximum atomic E-state index is 11.5. The summed E-state index contributed by atoms with van der Waals surface area (Å²) in [7, 11) is 0. The minimum Gasteiger partial charge on any atom is -0.310 e. The van der Waals surface area contributed by atoms with Gasteiger partial charge < -0.3 is 5.32 Å². The van der Waals surface area contributed by atoms with Crippen molar-refractivity contribution >= 4 is 22.6 Å². The van der Waals surface area contributed by atoms with Gasteiger partial charge in [0.1, 0.15) is 5.82 Å². The number of pyridine rings is 1. The molecule has 2 heterocycles. The fourth-order valence-corrected chi connectivity index (χ4v) is 1.48. The summed E-state index contributed by atoms with van der Waals surface area (Å²) in [5, 5.41) is 10.5. The molecule has 2 N–H and O–H groups in total. The van der Waals surface area contributed by atoms with Gasteiger partial charge in [0.15, 0.2) is 0 Å². The van der Waals surface area contributed by atoms with Gasteiger partial charge >= 0.3 is 0 Å². The lowest BCUT2D eigenvalue weighted by atomic mass is 10.3. The first-order valence-corrected chi connectivity index (χ1v) is 4.93. The number of carbonyl (C=O) groups is 1. The first kappa shape index (κ1) is 8.40. The standard InChI is InChI=1S/C10H10N4O/c15-10(6-1-2-6)13-9-3-8-7(4-11-9)5-12-14-8/h3-6H,1-2H2,(H,12,14)(H,11,13,15). The predicted molar refractivity (Wildman–Crippen MR) is 55.2 cm³/mol. The minimum absolute atomic E-state index is 0.0707. The summed E-state index contributed by atoms with van der Waals surface area (Å²) in [5.74, 6) is 0.856. The van der Waals surface area contributed by atoms with Gasteiger partial charge in [-0.1, -0.05) is 0 Å². The molecule has 5 nitrogen and oxygen atoms in total. The third-order valence-corrected chi connectivity index (χ3v) is 2.52. The highest BCUT2D eigenvalue weighted by Gasteiger charge is 2.29. The number of carbonyl (C=O) groups excluding carboxylic acids is 1. The molecule has 0 unspecified atom stereocenters. The molecule has 2 aromatic rings. The zero-order valence-electron chi connectivity index (χ0n) is 8.03. The number of hydrogen-bond donors (Lipinski definition) is 2. The van der Waals surface area contributed by atoms with Crippen molar-refractivity contribution in [3.05, 3.63) is 18.5 Å². The van der Waals surface area contributed by atoms with Crippen LogP contribution >= 0.6 is 0 Å². The van der Waals surface area contributed by atoms with E-state index in [9.17, 15) is 4.79 Å². The van der Waals surface area contributed by atoms with Gasteiger partial charge in [-0.3, -0.25) is 9.89 Å². The van der Waals surface area contributed by atoms with Crippen molar-refractivity contribution in [3.8, 4) is 0 Å². The van der Waals surface area contributed by atoms with Crippen molar-refractivity contribution in [2.75, 3.05) is 5.32 Å². The van der Waals surface area contributed by atoms with Crippen LogP contribution in [0, 0.1) is 5.92 Å². The lowest BCUT2D eigenvalue weighted by Gasteiger charge is -2.02. The van der Waals surface area contributed by atoms with Gasteiger partial charge in [0.25, 0.3) is 0 Å². The van der Waals surface area contributed by atoms with Gasteiger partial charge in [0.2, 0.25) is 5.91 Å². The molecule has 1 fully saturated rings. The lowest BCUT2D eigenvalue weighted by molar-refractivity contribution is -0.117. The quantitative estimate of drug-likeness (QED) is 0.771. The van der Waals surface area contributed by atoms with Crippen molar-refractivity contribution in [1.82, 2.24) is 15.2 Å². The molecule has 0 aliphatic heterocycles. The number of amides is 1. The zero-order chi connectivity index (χ0) is 10.3. The van der Waals surface area contributed by atoms with Crippen LogP contribution in [0.2, 0.25) is 0 Å². The summed E-state index contributed by atoms with van der Waals surface area (Å²) in [4.78, 5) is 15.6. The van der Waals surface area contributed by atoms with Crippen LogP contribution in [0.25, 0.3) is 10.9 Å². The molecule has 1 aliphatic carbocycles. The highest BCUT2D eigenvalue weighted by molar-refractivity contribution is 5.94. The van der Waals surface area contributed by atoms with Crippen molar-refractivity contribution < 1.29 is 4.79 Å². The molecule has 76 valence electrons. The highest BCUT2D eigenvalue weighted by atomic mass is 16.2. The van der Waals surface area contributed by atoms with Crippen LogP contribution in [-0.4, -0.2) is 21.1 Å². The average molecular weight is 202 g/mol. The number of rotatable bonds is 2. The third-order valence-electron chi connectivity index (χ3n) is 2.52. The summed E-state index contributed by atoms with van der Waals surface area (Å²) < 4.78 is 0. The molecule has 2 aromatic heterocycles. The van der Waals surface area contributed by atoms with Gasteiger partial charge in [0, 0.05) is 23.6 Å². The molecule has 3 rings (SSSR count). The summed E-state index contributed by atoms with van der Waals surface area (Å²) in [6.45, 7) is 0. The molecule has 1 saturated carbocycles. The Balaban J connectivity index is 1.86. The van der Waals surface area contributed by atoms with E-state index in [4.69, 9.17) is 0 Å². The van der Waals surface area contributed by atoms with Crippen LogP contribution in [0.15, 0.2) is 18.5 Å². The van der Waals surface area contributed by atoms with Gasteiger partial charge in [-0.2, -0.15) is 5.10 Å². The van der Waals surface area contributed by atoms with Crippen LogP contribution in [0.3, 0.4) is 0 Å². The van der Waals surface area contributed by atoms with Crippen LogP contribution in [0.1, 0.15) is 12.8 Å². The first-order chi connectivity index (χ1) is 7.33. The van der Waals surface area contributed by atoms with E-state index < -0.39 is 0 Å².